The summed E-state index contributed by atoms with van der Waals surface area (Å²) >= 11 is 0. The van der Waals surface area contributed by atoms with Crippen LogP contribution in [-0.4, -0.2) is 21.8 Å². The van der Waals surface area contributed by atoms with Crippen LogP contribution in [0.25, 0.3) is 0 Å². The third-order valence-electron chi connectivity index (χ3n) is 1.17. The lowest BCUT2D eigenvalue weighted by Gasteiger charge is -1.95. The first kappa shape index (κ1) is 8.12. The Morgan fingerprint density at radius 2 is 1.50 bits per heavy atom. The van der Waals surface area contributed by atoms with Crippen LogP contribution >= 0.6 is 0 Å². The second kappa shape index (κ2) is 2.95. The van der Waals surface area contributed by atoms with Crippen molar-refractivity contribution >= 4 is 11.8 Å². The predicted octanol–water partition coefficient (Wildman–Crippen LogP) is -1.33. The van der Waals surface area contributed by atoms with Crippen LogP contribution in [0.5, 0.6) is 0 Å². The molecule has 0 aliphatic heterocycles. The Labute approximate surface area is 67.6 Å². The number of hydrogen-bond acceptors (Lipinski definition) is 4. The van der Waals surface area contributed by atoms with E-state index in [1.165, 1.54) is 0 Å². The van der Waals surface area contributed by atoms with E-state index in [4.69, 9.17) is 11.5 Å². The third-order valence-corrected chi connectivity index (χ3v) is 1.17. The van der Waals surface area contributed by atoms with Crippen LogP contribution in [0.1, 0.15) is 21.0 Å². The Hall–Kier alpha value is -1.98. The predicted molar refractivity (Wildman–Crippen MR) is 39.1 cm³/mol. The molecule has 1 rings (SSSR count). The minimum atomic E-state index is -0.722. The second-order valence-corrected chi connectivity index (χ2v) is 2.02. The summed E-state index contributed by atoms with van der Waals surface area (Å²) in [5.74, 6) is -1.44. The highest BCUT2D eigenvalue weighted by Gasteiger charge is 2.06. The van der Waals surface area contributed by atoms with Gasteiger partial charge in [-0.25, -0.2) is 9.97 Å². The van der Waals surface area contributed by atoms with Crippen LogP contribution < -0.4 is 11.5 Å². The van der Waals surface area contributed by atoms with E-state index in [1.54, 1.807) is 0 Å². The molecule has 0 fully saturated rings. The zero-order valence-electron chi connectivity index (χ0n) is 6.02. The van der Waals surface area contributed by atoms with E-state index in [2.05, 4.69) is 9.97 Å². The van der Waals surface area contributed by atoms with E-state index in [1.807, 2.05) is 0 Å². The Bertz CT molecular complexity index is 307. The number of primary amides is 2. The normalized spacial score (nSPS) is 9.33. The fourth-order valence-electron chi connectivity index (χ4n) is 0.627. The van der Waals surface area contributed by atoms with Gasteiger partial charge in [0.1, 0.15) is 17.7 Å². The lowest BCUT2D eigenvalue weighted by molar-refractivity contribution is 0.0995. The molecule has 1 heterocycles. The van der Waals surface area contributed by atoms with Crippen molar-refractivity contribution in [1.29, 1.82) is 0 Å². The zero-order valence-corrected chi connectivity index (χ0v) is 6.02. The topological polar surface area (TPSA) is 112 Å². The number of aromatic nitrogens is 2. The summed E-state index contributed by atoms with van der Waals surface area (Å²) in [7, 11) is 0. The van der Waals surface area contributed by atoms with Gasteiger partial charge in [0.05, 0.1) is 0 Å². The Balaban J connectivity index is 3.12. The molecule has 1 aromatic heterocycles. The first-order chi connectivity index (χ1) is 5.61. The second-order valence-electron chi connectivity index (χ2n) is 2.02. The lowest BCUT2D eigenvalue weighted by atomic mass is 10.3. The van der Waals surface area contributed by atoms with E-state index in [9.17, 15) is 9.59 Å². The van der Waals surface area contributed by atoms with Gasteiger partial charge >= 0.3 is 0 Å². The molecule has 1 aromatic rings. The molecular weight excluding hydrogens is 160 g/mol. The third kappa shape index (κ3) is 1.54. The van der Waals surface area contributed by atoms with Crippen molar-refractivity contribution in [3.8, 4) is 0 Å². The first-order valence-corrected chi connectivity index (χ1v) is 3.03. The summed E-state index contributed by atoms with van der Waals surface area (Å²) in [6.07, 6.45) is 1.06. The molecule has 0 saturated heterocycles. The van der Waals surface area contributed by atoms with Crippen molar-refractivity contribution in [1.82, 2.24) is 9.97 Å². The Kier molecular flexibility index (Phi) is 2.00. The van der Waals surface area contributed by atoms with Crippen LogP contribution in [0.15, 0.2) is 12.4 Å². The van der Waals surface area contributed by atoms with Gasteiger partial charge in [-0.3, -0.25) is 9.59 Å². The van der Waals surface area contributed by atoms with Crippen LogP contribution in [0, 0.1) is 0 Å². The molecule has 6 heteroatoms. The number of carbonyl (C=O) groups is 2. The summed E-state index contributed by atoms with van der Waals surface area (Å²) in [6.45, 7) is 0. The number of rotatable bonds is 2. The number of amides is 2. The molecule has 2 amide bonds. The molecule has 0 aliphatic carbocycles. The molecule has 0 radical (unpaired) electrons. The summed E-state index contributed by atoms with van der Waals surface area (Å²) in [4.78, 5) is 28.2. The minimum Gasteiger partial charge on any atom is -0.364 e. The highest BCUT2D eigenvalue weighted by atomic mass is 16.1. The van der Waals surface area contributed by atoms with Crippen molar-refractivity contribution in [2.24, 2.45) is 11.5 Å². The number of hydrogen-bond donors (Lipinski definition) is 2. The molecule has 0 bridgehead atoms. The van der Waals surface area contributed by atoms with Crippen LogP contribution in [0.4, 0.5) is 0 Å². The largest absolute Gasteiger partial charge is 0.364 e. The minimum absolute atomic E-state index is 0.0289. The molecule has 0 aromatic carbocycles. The Morgan fingerprint density at radius 3 is 1.83 bits per heavy atom. The molecule has 4 N–H and O–H groups in total. The fraction of sp³-hybridized carbons (Fsp3) is 0. The van der Waals surface area contributed by atoms with Gasteiger partial charge in [-0.1, -0.05) is 0 Å². The van der Waals surface area contributed by atoms with Crippen molar-refractivity contribution in [3.05, 3.63) is 23.8 Å². The van der Waals surface area contributed by atoms with Crippen molar-refractivity contribution in [2.45, 2.75) is 0 Å². The van der Waals surface area contributed by atoms with Gasteiger partial charge in [0.15, 0.2) is 0 Å². The maximum Gasteiger partial charge on any atom is 0.267 e. The van der Waals surface area contributed by atoms with E-state index in [0.717, 1.165) is 12.4 Å². The van der Waals surface area contributed by atoms with Gasteiger partial charge < -0.3 is 11.5 Å². The highest BCUT2D eigenvalue weighted by molar-refractivity contribution is 5.95. The smallest absolute Gasteiger partial charge is 0.267 e. The van der Waals surface area contributed by atoms with E-state index < -0.39 is 11.8 Å². The molecule has 6 nitrogen and oxygen atoms in total. The SMILES string of the molecule is NC(=O)c1cc(C(N)=O)ncn1. The zero-order chi connectivity index (χ0) is 9.14. The number of nitrogens with zero attached hydrogens (tertiary/aromatic N) is 2. The van der Waals surface area contributed by atoms with Crippen LogP contribution in [0.2, 0.25) is 0 Å². The van der Waals surface area contributed by atoms with Gasteiger partial charge in [0.2, 0.25) is 0 Å². The molecule has 0 aliphatic rings. The van der Waals surface area contributed by atoms with E-state index in [0.29, 0.717) is 0 Å². The summed E-state index contributed by atoms with van der Waals surface area (Å²) in [6, 6.07) is 1.14. The Morgan fingerprint density at radius 1 is 1.08 bits per heavy atom. The van der Waals surface area contributed by atoms with Crippen LogP contribution in [-0.2, 0) is 0 Å². The average molecular weight is 166 g/mol. The van der Waals surface area contributed by atoms with Gasteiger partial charge in [-0.05, 0) is 0 Å². The van der Waals surface area contributed by atoms with Crippen LogP contribution in [0.3, 0.4) is 0 Å². The number of nitrogens with two attached hydrogens (primary N) is 2. The molecule has 0 unspecified atom stereocenters. The standard InChI is InChI=1S/C6H6N4O2/c7-5(11)3-1-4(6(8)12)10-2-9-3/h1-2H,(H2,7,11)(H2,8,12). The quantitative estimate of drug-likeness (QED) is 0.567. The van der Waals surface area contributed by atoms with Crippen molar-refractivity contribution < 1.29 is 9.59 Å². The molecule has 12 heavy (non-hydrogen) atoms. The molecule has 0 spiro atoms. The maximum absolute atomic E-state index is 10.6. The van der Waals surface area contributed by atoms with Crippen molar-refractivity contribution in [2.75, 3.05) is 0 Å². The summed E-state index contributed by atoms with van der Waals surface area (Å²) in [5, 5.41) is 0. The van der Waals surface area contributed by atoms with E-state index in [-0.39, 0.29) is 11.4 Å². The highest BCUT2D eigenvalue weighted by Crippen LogP contribution is 1.95. The first-order valence-electron chi connectivity index (χ1n) is 3.03. The molecular formula is C6H6N4O2. The summed E-state index contributed by atoms with van der Waals surface area (Å²) in [5.41, 5.74) is 9.75. The summed E-state index contributed by atoms with van der Waals surface area (Å²) < 4.78 is 0. The molecule has 0 atom stereocenters. The van der Waals surface area contributed by atoms with Gasteiger partial charge in [-0.15, -0.1) is 0 Å². The van der Waals surface area contributed by atoms with Gasteiger partial charge in [-0.2, -0.15) is 0 Å². The molecule has 0 saturated carbocycles. The maximum atomic E-state index is 10.6. The van der Waals surface area contributed by atoms with Gasteiger partial charge in [0, 0.05) is 6.07 Å². The van der Waals surface area contributed by atoms with Gasteiger partial charge in [0.25, 0.3) is 11.8 Å². The monoisotopic (exact) mass is 166 g/mol. The fourth-order valence-corrected chi connectivity index (χ4v) is 0.627. The molecule has 62 valence electrons. The average Bonchev–Trinajstić information content (AvgIpc) is 2.04. The number of carbonyl (C=O) groups excluding carboxylic acids is 2. The van der Waals surface area contributed by atoms with E-state index >= 15 is 0 Å². The lowest BCUT2D eigenvalue weighted by Crippen LogP contribution is -2.18. The van der Waals surface area contributed by atoms with Crippen molar-refractivity contribution in [3.63, 3.8) is 0 Å².